The molecular weight excluding hydrogens is 611 g/mol. The monoisotopic (exact) mass is 675 g/mol. The topological polar surface area (TPSA) is 78.8 Å². The smallest absolute Gasteiger partial charge is 0.193 e. The number of nitrogens with one attached hydrogen (secondary N) is 1. The molecule has 0 aromatic heterocycles. The van der Waals surface area contributed by atoms with E-state index in [1.54, 1.807) is 0 Å². The summed E-state index contributed by atoms with van der Waals surface area (Å²) in [5, 5.41) is 23.6. The average Bonchev–Trinajstić information content (AvgIpc) is 3.67. The molecule has 0 amide bonds. The summed E-state index contributed by atoms with van der Waals surface area (Å²) in [6.07, 6.45) is 25.4. The Labute approximate surface area is 294 Å². The van der Waals surface area contributed by atoms with Crippen molar-refractivity contribution in [1.82, 2.24) is 5.32 Å². The number of hydrogen-bond acceptors (Lipinski definition) is 5. The van der Waals surface area contributed by atoms with Gasteiger partial charge in [0.15, 0.2) is 8.32 Å². The van der Waals surface area contributed by atoms with Crippen molar-refractivity contribution in [2.24, 2.45) is 11.8 Å². The first kappa shape index (κ1) is 41.6. The summed E-state index contributed by atoms with van der Waals surface area (Å²) in [6, 6.07) is 20.0. The first-order valence-corrected chi connectivity index (χ1v) is 21.3. The van der Waals surface area contributed by atoms with E-state index in [1.807, 2.05) is 66.7 Å². The molecule has 1 saturated heterocycles. The van der Waals surface area contributed by atoms with Gasteiger partial charge in [-0.15, -0.1) is 6.42 Å². The number of rotatable bonds is 8. The second kappa shape index (κ2) is 22.2. The lowest BCUT2D eigenvalue weighted by molar-refractivity contribution is -0.111. The Hall–Kier alpha value is -2.53. The summed E-state index contributed by atoms with van der Waals surface area (Å²) in [5.74, 6) is 3.68. The Morgan fingerprint density at radius 1 is 0.833 bits per heavy atom. The van der Waals surface area contributed by atoms with E-state index >= 15 is 0 Å². The van der Waals surface area contributed by atoms with Crippen molar-refractivity contribution in [1.29, 1.82) is 0 Å². The van der Waals surface area contributed by atoms with Crippen molar-refractivity contribution >= 4 is 14.6 Å². The van der Waals surface area contributed by atoms with Crippen LogP contribution in [0.3, 0.4) is 0 Å². The van der Waals surface area contributed by atoms with Gasteiger partial charge in [-0.2, -0.15) is 0 Å². The Bertz CT molecular complexity index is 1140. The number of carbonyl (C=O) groups is 1. The highest BCUT2D eigenvalue weighted by Gasteiger charge is 2.41. The Balaban J connectivity index is 0.000000238. The minimum Gasteiger partial charge on any atom is -0.406 e. The van der Waals surface area contributed by atoms with Crippen LogP contribution in [0.5, 0.6) is 0 Å². The minimum absolute atomic E-state index is 0.0808. The number of aldehydes is 1. The van der Waals surface area contributed by atoms with Gasteiger partial charge in [0.25, 0.3) is 0 Å². The number of hydrogen-bond donors (Lipinski definition) is 3. The highest BCUT2D eigenvalue weighted by molar-refractivity contribution is 6.74. The average molecular weight is 676 g/mol. The van der Waals surface area contributed by atoms with E-state index in [2.05, 4.69) is 51.2 Å². The van der Waals surface area contributed by atoms with Gasteiger partial charge in [-0.25, -0.2) is 0 Å². The van der Waals surface area contributed by atoms with Crippen LogP contribution in [0.4, 0.5) is 0 Å². The van der Waals surface area contributed by atoms with Crippen molar-refractivity contribution in [2.75, 3.05) is 19.8 Å². The quantitative estimate of drug-likeness (QED) is 0.113. The first-order valence-electron chi connectivity index (χ1n) is 18.4. The lowest BCUT2D eigenvalue weighted by Crippen LogP contribution is -2.46. The van der Waals surface area contributed by atoms with E-state index in [-0.39, 0.29) is 17.7 Å². The van der Waals surface area contributed by atoms with Crippen molar-refractivity contribution < 1.29 is 19.4 Å². The van der Waals surface area contributed by atoms with Gasteiger partial charge < -0.3 is 24.8 Å². The molecular formula is C42H65NO4Si. The van der Waals surface area contributed by atoms with E-state index in [1.165, 1.54) is 51.4 Å². The molecule has 48 heavy (non-hydrogen) atoms. The SMILES string of the molecule is C#CCO[Si](C)(C)C(C)(C)C.O=CC1CCCCC1.OC(c1ccccc1)(c1ccccc1)[C@@H]1CCCN1.OC/C=C/C1CCCCC1. The third-order valence-corrected chi connectivity index (χ3v) is 14.8. The second-order valence-corrected chi connectivity index (χ2v) is 19.8. The third-order valence-electron chi connectivity index (χ3n) is 10.3. The third kappa shape index (κ3) is 14.1. The normalized spacial score (nSPS) is 19.1. The van der Waals surface area contributed by atoms with E-state index in [0.717, 1.165) is 55.6 Å². The molecule has 5 nitrogen and oxygen atoms in total. The molecule has 3 aliphatic rings. The van der Waals surface area contributed by atoms with Gasteiger partial charge in [0, 0.05) is 12.0 Å². The van der Waals surface area contributed by atoms with Crippen molar-refractivity contribution in [2.45, 2.75) is 128 Å². The lowest BCUT2D eigenvalue weighted by Gasteiger charge is -2.35. The fourth-order valence-electron chi connectivity index (χ4n) is 6.28. The molecule has 2 aromatic carbocycles. The van der Waals surface area contributed by atoms with Crippen molar-refractivity contribution in [3.8, 4) is 12.3 Å². The predicted octanol–water partition coefficient (Wildman–Crippen LogP) is 9.20. The second-order valence-electron chi connectivity index (χ2n) is 14.9. The molecule has 3 N–H and O–H groups in total. The molecule has 5 rings (SSSR count). The number of carbonyl (C=O) groups excluding carboxylic acids is 1. The van der Waals surface area contributed by atoms with Crippen LogP contribution < -0.4 is 5.32 Å². The molecule has 0 radical (unpaired) electrons. The number of aliphatic hydroxyl groups excluding tert-OH is 1. The molecule has 266 valence electrons. The van der Waals surface area contributed by atoms with Gasteiger partial charge >= 0.3 is 0 Å². The number of terminal acetylenes is 1. The number of allylic oxidation sites excluding steroid dienone is 1. The minimum atomic E-state index is -1.57. The largest absolute Gasteiger partial charge is 0.406 e. The molecule has 2 aliphatic carbocycles. The number of aliphatic hydroxyl groups is 2. The summed E-state index contributed by atoms with van der Waals surface area (Å²) in [5.41, 5.74) is 0.972. The van der Waals surface area contributed by atoms with Gasteiger partial charge in [0.1, 0.15) is 11.9 Å². The standard InChI is InChI=1S/C17H19NO.C9H18OSi.C9H16O.C7H12O/c19-17(16-12-7-13-18-16,14-8-3-1-4-9-14)15-10-5-2-6-11-15;1-7-8-10-11(5,6)9(2,3)4;10-8-4-7-9-5-2-1-3-6-9;8-6-7-4-2-1-3-5-7/h1-6,8-11,16,18-19H,7,12-13H2;1H,8H2,2-6H3;4,7,9-10H,1-3,5-6,8H2;6-7H,1-5H2/b;;7-4+;/t16-;;;/m0.../s1. The van der Waals surface area contributed by atoms with Crippen LogP contribution in [0.15, 0.2) is 72.8 Å². The van der Waals surface area contributed by atoms with Crippen LogP contribution in [-0.2, 0) is 14.8 Å². The zero-order chi connectivity index (χ0) is 35.3. The maximum atomic E-state index is 11.4. The molecule has 1 heterocycles. The van der Waals surface area contributed by atoms with Crippen LogP contribution in [0.25, 0.3) is 0 Å². The van der Waals surface area contributed by atoms with Gasteiger partial charge in [0.05, 0.1) is 13.2 Å². The van der Waals surface area contributed by atoms with Crippen LogP contribution >= 0.6 is 0 Å². The molecule has 6 heteroatoms. The first-order chi connectivity index (χ1) is 23.0. The van der Waals surface area contributed by atoms with Crippen LogP contribution in [0, 0.1) is 24.2 Å². The maximum Gasteiger partial charge on any atom is 0.193 e. The summed E-state index contributed by atoms with van der Waals surface area (Å²) in [4.78, 5) is 10.2. The highest BCUT2D eigenvalue weighted by Crippen LogP contribution is 2.37. The van der Waals surface area contributed by atoms with E-state index in [4.69, 9.17) is 16.0 Å². The van der Waals surface area contributed by atoms with Gasteiger partial charge in [0.2, 0.25) is 0 Å². The molecule has 1 atom stereocenters. The highest BCUT2D eigenvalue weighted by atomic mass is 28.4. The fraction of sp³-hybridized carbons (Fsp3) is 0.595. The van der Waals surface area contributed by atoms with Crippen molar-refractivity contribution in [3.05, 3.63) is 83.9 Å². The van der Waals surface area contributed by atoms with Gasteiger partial charge in [-0.3, -0.25) is 0 Å². The summed E-state index contributed by atoms with van der Waals surface area (Å²) >= 11 is 0. The van der Waals surface area contributed by atoms with E-state index in [0.29, 0.717) is 12.5 Å². The molecule has 2 saturated carbocycles. The fourth-order valence-corrected chi connectivity index (χ4v) is 7.16. The van der Waals surface area contributed by atoms with Gasteiger partial charge in [-0.05, 0) is 80.2 Å². The van der Waals surface area contributed by atoms with Crippen LogP contribution in [0.2, 0.25) is 18.1 Å². The Morgan fingerprint density at radius 2 is 1.33 bits per heavy atom. The molecule has 1 aliphatic heterocycles. The summed E-state index contributed by atoms with van der Waals surface area (Å²) in [6.45, 7) is 12.6. The maximum absolute atomic E-state index is 11.4. The van der Waals surface area contributed by atoms with E-state index in [9.17, 15) is 9.90 Å². The zero-order valence-electron chi connectivity index (χ0n) is 30.6. The van der Waals surface area contributed by atoms with Crippen molar-refractivity contribution in [3.63, 3.8) is 0 Å². The summed E-state index contributed by atoms with van der Waals surface area (Å²) in [7, 11) is -1.57. The Kier molecular flexibility index (Phi) is 19.3. The molecule has 3 fully saturated rings. The molecule has 0 bridgehead atoms. The van der Waals surface area contributed by atoms with Crippen LogP contribution in [-0.4, -0.2) is 50.6 Å². The van der Waals surface area contributed by atoms with Gasteiger partial charge in [-0.1, -0.05) is 138 Å². The zero-order valence-corrected chi connectivity index (χ0v) is 31.6. The molecule has 2 aromatic rings. The predicted molar refractivity (Wildman–Crippen MR) is 204 cm³/mol. The Morgan fingerprint density at radius 3 is 1.71 bits per heavy atom. The van der Waals surface area contributed by atoms with Crippen LogP contribution in [0.1, 0.15) is 109 Å². The summed E-state index contributed by atoms with van der Waals surface area (Å²) < 4.78 is 5.65. The molecule has 0 spiro atoms. The lowest BCUT2D eigenvalue weighted by atomic mass is 9.79. The molecule has 0 unspecified atom stereocenters. The number of benzene rings is 2. The van der Waals surface area contributed by atoms with E-state index < -0.39 is 13.9 Å².